The fourth-order valence-electron chi connectivity index (χ4n) is 2.18. The van der Waals surface area contributed by atoms with Crippen LogP contribution in [-0.4, -0.2) is 29.9 Å². The number of halogens is 1. The molecule has 1 aromatic rings. The molecule has 2 atom stereocenters. The molecule has 3 nitrogen and oxygen atoms in total. The van der Waals surface area contributed by atoms with Crippen LogP contribution in [0.1, 0.15) is 24.8 Å². The minimum atomic E-state index is -0.154. The van der Waals surface area contributed by atoms with E-state index in [0.717, 1.165) is 18.5 Å². The number of hydrogen-bond donors (Lipinski definition) is 1. The molecule has 1 aliphatic rings. The van der Waals surface area contributed by atoms with Gasteiger partial charge in [-0.25, -0.2) is 0 Å². The maximum Gasteiger partial charge on any atom is 0.229 e. The number of rotatable bonds is 2. The zero-order chi connectivity index (χ0) is 12.4. The fourth-order valence-corrected chi connectivity index (χ4v) is 2.38. The van der Waals surface area contributed by atoms with Gasteiger partial charge in [0.1, 0.15) is 0 Å². The van der Waals surface area contributed by atoms with Gasteiger partial charge in [0.05, 0.1) is 5.92 Å². The molecule has 1 heterocycles. The molecule has 2 rings (SSSR count). The van der Waals surface area contributed by atoms with Gasteiger partial charge in [0.25, 0.3) is 0 Å². The smallest absolute Gasteiger partial charge is 0.229 e. The normalized spacial score (nSPS) is 21.6. The fraction of sp³-hybridized carbons (Fsp3) is 0.462. The van der Waals surface area contributed by atoms with Gasteiger partial charge < -0.3 is 10.6 Å². The lowest BCUT2D eigenvalue weighted by molar-refractivity contribution is -0.131. The van der Waals surface area contributed by atoms with Gasteiger partial charge in [-0.05, 0) is 31.0 Å². The average Bonchev–Trinajstić information content (AvgIpc) is 2.74. The van der Waals surface area contributed by atoms with Crippen LogP contribution in [0.5, 0.6) is 0 Å². The van der Waals surface area contributed by atoms with E-state index in [1.165, 1.54) is 0 Å². The number of likely N-dealkylation sites (tertiary alicyclic amines) is 1. The van der Waals surface area contributed by atoms with Crippen LogP contribution in [0.2, 0.25) is 5.02 Å². The standard InChI is InChI=1S/C13H17ClN2O/c1-9(10-3-2-4-11(14)7-10)13(17)16-6-5-12(15)8-16/h2-4,7,9,12H,5-6,8,15H2,1H3/t9-,12+/m1/s1. The molecule has 0 saturated carbocycles. The van der Waals surface area contributed by atoms with E-state index in [4.69, 9.17) is 17.3 Å². The average molecular weight is 253 g/mol. The molecule has 17 heavy (non-hydrogen) atoms. The second-order valence-corrected chi connectivity index (χ2v) is 5.05. The highest BCUT2D eigenvalue weighted by Crippen LogP contribution is 2.23. The van der Waals surface area contributed by atoms with Crippen LogP contribution in [-0.2, 0) is 4.79 Å². The highest BCUT2D eigenvalue weighted by molar-refractivity contribution is 6.30. The SMILES string of the molecule is C[C@@H](C(=O)N1CC[C@H](N)C1)c1cccc(Cl)c1. The first-order chi connectivity index (χ1) is 8.08. The molecule has 0 aliphatic carbocycles. The lowest BCUT2D eigenvalue weighted by Gasteiger charge is -2.21. The third kappa shape index (κ3) is 2.79. The second-order valence-electron chi connectivity index (χ2n) is 4.61. The first-order valence-electron chi connectivity index (χ1n) is 5.88. The Morgan fingerprint density at radius 1 is 1.59 bits per heavy atom. The van der Waals surface area contributed by atoms with Crippen molar-refractivity contribution in [2.75, 3.05) is 13.1 Å². The summed E-state index contributed by atoms with van der Waals surface area (Å²) in [7, 11) is 0. The van der Waals surface area contributed by atoms with Crippen LogP contribution in [0.25, 0.3) is 0 Å². The molecule has 0 aromatic heterocycles. The van der Waals surface area contributed by atoms with E-state index in [9.17, 15) is 4.79 Å². The molecule has 1 amide bonds. The summed E-state index contributed by atoms with van der Waals surface area (Å²) in [5, 5.41) is 0.667. The third-order valence-corrected chi connectivity index (χ3v) is 3.49. The maximum atomic E-state index is 12.2. The molecule has 92 valence electrons. The van der Waals surface area contributed by atoms with Crippen molar-refractivity contribution in [3.05, 3.63) is 34.9 Å². The van der Waals surface area contributed by atoms with Crippen molar-refractivity contribution in [2.45, 2.75) is 25.3 Å². The Hall–Kier alpha value is -1.06. The highest BCUT2D eigenvalue weighted by atomic mass is 35.5. The lowest BCUT2D eigenvalue weighted by Crippen LogP contribution is -2.34. The molecular weight excluding hydrogens is 236 g/mol. The number of nitrogens with zero attached hydrogens (tertiary/aromatic N) is 1. The van der Waals surface area contributed by atoms with E-state index >= 15 is 0 Å². The van der Waals surface area contributed by atoms with Gasteiger partial charge in [0, 0.05) is 24.2 Å². The number of benzene rings is 1. The number of amides is 1. The summed E-state index contributed by atoms with van der Waals surface area (Å²) < 4.78 is 0. The molecule has 1 aromatic carbocycles. The summed E-state index contributed by atoms with van der Waals surface area (Å²) in [5.74, 6) is -0.0146. The van der Waals surface area contributed by atoms with E-state index in [1.807, 2.05) is 36.1 Å². The minimum absolute atomic E-state index is 0.130. The topological polar surface area (TPSA) is 46.3 Å². The summed E-state index contributed by atoms with van der Waals surface area (Å²) >= 11 is 5.93. The molecule has 1 fully saturated rings. The van der Waals surface area contributed by atoms with Crippen LogP contribution < -0.4 is 5.73 Å². The molecule has 1 saturated heterocycles. The molecule has 2 N–H and O–H groups in total. The Morgan fingerprint density at radius 3 is 2.94 bits per heavy atom. The van der Waals surface area contributed by atoms with E-state index in [-0.39, 0.29) is 17.9 Å². The van der Waals surface area contributed by atoms with Crippen molar-refractivity contribution >= 4 is 17.5 Å². The molecular formula is C13H17ClN2O. The van der Waals surface area contributed by atoms with Crippen LogP contribution >= 0.6 is 11.6 Å². The Balaban J connectivity index is 2.09. The van der Waals surface area contributed by atoms with E-state index in [1.54, 1.807) is 0 Å². The van der Waals surface area contributed by atoms with Crippen molar-refractivity contribution in [1.82, 2.24) is 4.90 Å². The van der Waals surface area contributed by atoms with Gasteiger partial charge in [0.15, 0.2) is 0 Å². The first kappa shape index (κ1) is 12.4. The van der Waals surface area contributed by atoms with E-state index < -0.39 is 0 Å². The highest BCUT2D eigenvalue weighted by Gasteiger charge is 2.27. The Morgan fingerprint density at radius 2 is 2.35 bits per heavy atom. The minimum Gasteiger partial charge on any atom is -0.341 e. The number of carbonyl (C=O) groups is 1. The summed E-state index contributed by atoms with van der Waals surface area (Å²) in [6, 6.07) is 7.60. The van der Waals surface area contributed by atoms with Gasteiger partial charge in [-0.15, -0.1) is 0 Å². The van der Waals surface area contributed by atoms with Gasteiger partial charge in [0.2, 0.25) is 5.91 Å². The van der Waals surface area contributed by atoms with Crippen LogP contribution in [0.3, 0.4) is 0 Å². The quantitative estimate of drug-likeness (QED) is 0.875. The van der Waals surface area contributed by atoms with Crippen LogP contribution in [0.15, 0.2) is 24.3 Å². The maximum absolute atomic E-state index is 12.2. The molecule has 0 spiro atoms. The largest absolute Gasteiger partial charge is 0.341 e. The summed E-state index contributed by atoms with van der Waals surface area (Å²) in [6.07, 6.45) is 0.897. The third-order valence-electron chi connectivity index (χ3n) is 3.26. The van der Waals surface area contributed by atoms with Crippen molar-refractivity contribution in [3.63, 3.8) is 0 Å². The molecule has 0 unspecified atom stereocenters. The Bertz CT molecular complexity index is 422. The predicted molar refractivity (Wildman–Crippen MR) is 69.0 cm³/mol. The van der Waals surface area contributed by atoms with Gasteiger partial charge in [-0.2, -0.15) is 0 Å². The number of hydrogen-bond acceptors (Lipinski definition) is 2. The number of carbonyl (C=O) groups excluding carboxylic acids is 1. The Kier molecular flexibility index (Phi) is 3.69. The van der Waals surface area contributed by atoms with Crippen molar-refractivity contribution in [3.8, 4) is 0 Å². The van der Waals surface area contributed by atoms with Gasteiger partial charge in [-0.1, -0.05) is 23.7 Å². The van der Waals surface area contributed by atoms with Crippen LogP contribution in [0, 0.1) is 0 Å². The molecule has 1 aliphatic heterocycles. The first-order valence-corrected chi connectivity index (χ1v) is 6.25. The van der Waals surface area contributed by atoms with Crippen molar-refractivity contribution in [2.24, 2.45) is 5.73 Å². The van der Waals surface area contributed by atoms with Crippen LogP contribution in [0.4, 0.5) is 0 Å². The Labute approximate surface area is 107 Å². The van der Waals surface area contributed by atoms with Crippen molar-refractivity contribution < 1.29 is 4.79 Å². The van der Waals surface area contributed by atoms with E-state index in [2.05, 4.69) is 0 Å². The van der Waals surface area contributed by atoms with Gasteiger partial charge >= 0.3 is 0 Å². The molecule has 4 heteroatoms. The molecule has 0 radical (unpaired) electrons. The summed E-state index contributed by atoms with van der Waals surface area (Å²) in [5.41, 5.74) is 6.77. The second kappa shape index (κ2) is 5.07. The summed E-state index contributed by atoms with van der Waals surface area (Å²) in [4.78, 5) is 14.1. The predicted octanol–water partition coefficient (Wildman–Crippen LogP) is 2.00. The molecule has 0 bridgehead atoms. The zero-order valence-corrected chi connectivity index (χ0v) is 10.7. The van der Waals surface area contributed by atoms with E-state index in [0.29, 0.717) is 11.6 Å². The van der Waals surface area contributed by atoms with Gasteiger partial charge in [-0.3, -0.25) is 4.79 Å². The summed E-state index contributed by atoms with van der Waals surface area (Å²) in [6.45, 7) is 3.35. The van der Waals surface area contributed by atoms with Crippen molar-refractivity contribution in [1.29, 1.82) is 0 Å². The number of nitrogens with two attached hydrogens (primary N) is 1. The lowest BCUT2D eigenvalue weighted by atomic mass is 10.00. The monoisotopic (exact) mass is 252 g/mol. The zero-order valence-electron chi connectivity index (χ0n) is 9.90.